The molecule has 3 N–H and O–H groups in total. The minimum atomic E-state index is -4.44. The standard InChI is InChI=1S/C29H37Cl2F3N4OS/c1-18(2)13-26(35)24-15-21(29(32,33)34)4-6-27(24)37-8-10-38(11-9-37)28(39)23(20-7-12-40-36-17-20)14-19-3-5-22(30)16-25(19)31/h3-6,15-16,18,20,23,26,36H,7-14,17,35H2,1-2H3. The van der Waals surface area contributed by atoms with Gasteiger partial charge in [0, 0.05) is 66.2 Å². The quantitative estimate of drug-likeness (QED) is 0.319. The molecule has 2 heterocycles. The van der Waals surface area contributed by atoms with Crippen LogP contribution in [0.2, 0.25) is 10.0 Å². The lowest BCUT2D eigenvalue weighted by Gasteiger charge is -2.40. The van der Waals surface area contributed by atoms with E-state index in [9.17, 15) is 18.0 Å². The molecule has 5 nitrogen and oxygen atoms in total. The van der Waals surface area contributed by atoms with E-state index in [-0.39, 0.29) is 23.7 Å². The van der Waals surface area contributed by atoms with Crippen LogP contribution in [-0.2, 0) is 17.4 Å². The molecular formula is C29H37Cl2F3N4OS. The van der Waals surface area contributed by atoms with Gasteiger partial charge in [0.05, 0.1) is 5.56 Å². The van der Waals surface area contributed by atoms with Crippen molar-refractivity contribution in [3.63, 3.8) is 0 Å². The molecular weight excluding hydrogens is 580 g/mol. The van der Waals surface area contributed by atoms with Crippen LogP contribution in [0.1, 0.15) is 49.4 Å². The Bertz CT molecular complexity index is 1170. The summed E-state index contributed by atoms with van der Waals surface area (Å²) < 4.78 is 43.9. The van der Waals surface area contributed by atoms with E-state index >= 15 is 0 Å². The molecule has 2 aromatic rings. The smallest absolute Gasteiger partial charge is 0.368 e. The van der Waals surface area contributed by atoms with E-state index in [0.717, 1.165) is 30.3 Å². The number of nitrogens with one attached hydrogen (secondary N) is 1. The number of nitrogens with zero attached hydrogens (tertiary/aromatic N) is 2. The summed E-state index contributed by atoms with van der Waals surface area (Å²) in [5.41, 5.74) is 7.85. The number of benzene rings is 2. The van der Waals surface area contributed by atoms with Gasteiger partial charge in [0.25, 0.3) is 0 Å². The Morgan fingerprint density at radius 2 is 1.85 bits per heavy atom. The third-order valence-electron chi connectivity index (χ3n) is 7.79. The summed E-state index contributed by atoms with van der Waals surface area (Å²) in [5, 5.41) is 1.11. The fourth-order valence-corrected chi connectivity index (χ4v) is 7.01. The van der Waals surface area contributed by atoms with Crippen LogP contribution in [0.5, 0.6) is 0 Å². The van der Waals surface area contributed by atoms with Crippen molar-refractivity contribution in [3.8, 4) is 0 Å². The molecule has 4 rings (SSSR count). The zero-order valence-corrected chi connectivity index (χ0v) is 25.1. The molecule has 2 fully saturated rings. The third-order valence-corrected chi connectivity index (χ3v) is 9.19. The zero-order valence-electron chi connectivity index (χ0n) is 22.8. The molecule has 40 heavy (non-hydrogen) atoms. The van der Waals surface area contributed by atoms with Crippen LogP contribution in [-0.4, -0.2) is 49.3 Å². The van der Waals surface area contributed by atoms with Gasteiger partial charge in [-0.3, -0.25) is 9.52 Å². The molecule has 0 aliphatic carbocycles. The average molecular weight is 618 g/mol. The summed E-state index contributed by atoms with van der Waals surface area (Å²) in [6.45, 7) is 6.76. The van der Waals surface area contributed by atoms with Gasteiger partial charge >= 0.3 is 6.18 Å². The number of carbonyl (C=O) groups is 1. The van der Waals surface area contributed by atoms with E-state index in [4.69, 9.17) is 28.9 Å². The van der Waals surface area contributed by atoms with Crippen molar-refractivity contribution < 1.29 is 18.0 Å². The summed E-state index contributed by atoms with van der Waals surface area (Å²) in [6.07, 6.45) is -2.40. The largest absolute Gasteiger partial charge is 0.416 e. The summed E-state index contributed by atoms with van der Waals surface area (Å²) >= 11 is 14.3. The van der Waals surface area contributed by atoms with Crippen LogP contribution in [0.15, 0.2) is 36.4 Å². The maximum Gasteiger partial charge on any atom is 0.416 e. The number of piperazine rings is 1. The normalized spacial score (nSPS) is 20.1. The topological polar surface area (TPSA) is 61.6 Å². The fourth-order valence-electron chi connectivity index (χ4n) is 5.63. The van der Waals surface area contributed by atoms with Crippen molar-refractivity contribution in [2.45, 2.75) is 45.3 Å². The maximum atomic E-state index is 13.9. The molecule has 0 spiro atoms. The first-order chi connectivity index (χ1) is 18.9. The Morgan fingerprint density at radius 3 is 2.45 bits per heavy atom. The predicted molar refractivity (Wildman–Crippen MR) is 159 cm³/mol. The van der Waals surface area contributed by atoms with E-state index in [1.54, 1.807) is 24.1 Å². The molecule has 3 atom stereocenters. The van der Waals surface area contributed by atoms with Gasteiger partial charge in [-0.1, -0.05) is 55.1 Å². The van der Waals surface area contributed by atoms with Gasteiger partial charge in [0.15, 0.2) is 0 Å². The summed E-state index contributed by atoms with van der Waals surface area (Å²) in [6, 6.07) is 8.73. The van der Waals surface area contributed by atoms with E-state index in [1.165, 1.54) is 12.1 Å². The number of amides is 1. The number of rotatable bonds is 8. The predicted octanol–water partition coefficient (Wildman–Crippen LogP) is 6.82. The monoisotopic (exact) mass is 616 g/mol. The van der Waals surface area contributed by atoms with E-state index in [2.05, 4.69) is 9.62 Å². The Morgan fingerprint density at radius 1 is 1.12 bits per heavy atom. The van der Waals surface area contributed by atoms with Gasteiger partial charge in [-0.25, -0.2) is 0 Å². The maximum absolute atomic E-state index is 13.9. The minimum absolute atomic E-state index is 0.0912. The lowest BCUT2D eigenvalue weighted by molar-refractivity contribution is -0.138. The van der Waals surface area contributed by atoms with E-state index in [1.807, 2.05) is 24.8 Å². The Kier molecular flexibility index (Phi) is 10.6. The van der Waals surface area contributed by atoms with Crippen LogP contribution in [0.3, 0.4) is 0 Å². The van der Waals surface area contributed by atoms with Gasteiger partial charge in [-0.2, -0.15) is 13.2 Å². The minimum Gasteiger partial charge on any atom is -0.368 e. The van der Waals surface area contributed by atoms with Crippen LogP contribution < -0.4 is 15.4 Å². The second kappa shape index (κ2) is 13.6. The molecule has 11 heteroatoms. The molecule has 2 aromatic carbocycles. The van der Waals surface area contributed by atoms with Crippen LogP contribution in [0.4, 0.5) is 18.9 Å². The SMILES string of the molecule is CC(C)CC(N)c1cc(C(F)(F)F)ccc1N1CCN(C(=O)C(Cc2ccc(Cl)cc2Cl)C2CCSNC2)CC1. The average Bonchev–Trinajstić information content (AvgIpc) is 2.91. The first-order valence-corrected chi connectivity index (χ1v) is 15.5. The second-order valence-electron chi connectivity index (χ2n) is 11.1. The van der Waals surface area contributed by atoms with Crippen molar-refractivity contribution in [1.82, 2.24) is 9.62 Å². The molecule has 0 bridgehead atoms. The van der Waals surface area contributed by atoms with Crippen molar-refractivity contribution in [2.75, 3.05) is 43.4 Å². The zero-order chi connectivity index (χ0) is 29.0. The lowest BCUT2D eigenvalue weighted by Crippen LogP contribution is -2.52. The molecule has 3 unspecified atom stereocenters. The third kappa shape index (κ3) is 7.79. The number of nitrogens with two attached hydrogens (primary N) is 1. The highest BCUT2D eigenvalue weighted by molar-refractivity contribution is 7.97. The number of halogens is 5. The molecule has 1 amide bonds. The van der Waals surface area contributed by atoms with Crippen molar-refractivity contribution in [1.29, 1.82) is 0 Å². The van der Waals surface area contributed by atoms with Crippen molar-refractivity contribution in [2.24, 2.45) is 23.5 Å². The number of hydrogen-bond donors (Lipinski definition) is 2. The molecule has 220 valence electrons. The summed E-state index contributed by atoms with van der Waals surface area (Å²) in [7, 11) is 0. The van der Waals surface area contributed by atoms with Crippen molar-refractivity contribution >= 4 is 46.7 Å². The molecule has 2 aliphatic heterocycles. The van der Waals surface area contributed by atoms with Crippen LogP contribution >= 0.6 is 35.1 Å². The van der Waals surface area contributed by atoms with Gasteiger partial charge < -0.3 is 15.5 Å². The molecule has 0 saturated carbocycles. The number of alkyl halides is 3. The Labute approximate surface area is 249 Å². The van der Waals surface area contributed by atoms with Crippen LogP contribution in [0.25, 0.3) is 0 Å². The first-order valence-electron chi connectivity index (χ1n) is 13.7. The van der Waals surface area contributed by atoms with E-state index in [0.29, 0.717) is 60.3 Å². The highest BCUT2D eigenvalue weighted by Crippen LogP contribution is 2.37. The highest BCUT2D eigenvalue weighted by atomic mass is 35.5. The Balaban J connectivity index is 1.51. The first kappa shape index (κ1) is 31.3. The van der Waals surface area contributed by atoms with Crippen LogP contribution in [0, 0.1) is 17.8 Å². The molecule has 0 radical (unpaired) electrons. The Hall–Kier alpha value is -1.65. The lowest BCUT2D eigenvalue weighted by atomic mass is 9.83. The highest BCUT2D eigenvalue weighted by Gasteiger charge is 2.36. The molecule has 2 aliphatic rings. The molecule has 2 saturated heterocycles. The van der Waals surface area contributed by atoms with E-state index < -0.39 is 17.8 Å². The number of anilines is 1. The van der Waals surface area contributed by atoms with Gasteiger partial charge in [-0.15, -0.1) is 0 Å². The van der Waals surface area contributed by atoms with Gasteiger partial charge in [0.2, 0.25) is 5.91 Å². The molecule has 0 aromatic heterocycles. The summed E-state index contributed by atoms with van der Waals surface area (Å²) in [5.74, 6) is 1.21. The van der Waals surface area contributed by atoms with Gasteiger partial charge in [0.1, 0.15) is 0 Å². The summed E-state index contributed by atoms with van der Waals surface area (Å²) in [4.78, 5) is 17.9. The van der Waals surface area contributed by atoms with Gasteiger partial charge in [-0.05, 0) is 72.6 Å². The van der Waals surface area contributed by atoms with Crippen molar-refractivity contribution in [3.05, 3.63) is 63.1 Å². The fraction of sp³-hybridized carbons (Fsp3) is 0.552. The number of carbonyl (C=O) groups excluding carboxylic acids is 1. The number of hydrogen-bond acceptors (Lipinski definition) is 5. The second-order valence-corrected chi connectivity index (χ2v) is 12.9.